The quantitative estimate of drug-likeness (QED) is 0.282. The number of aromatic nitrogens is 2. The molecule has 8 heteroatoms. The number of piperidine rings is 1. The van der Waals surface area contributed by atoms with Crippen LogP contribution in [-0.4, -0.2) is 46.1 Å². The summed E-state index contributed by atoms with van der Waals surface area (Å²) in [5.41, 5.74) is 7.46. The Morgan fingerprint density at radius 3 is 2.56 bits per heavy atom. The molecule has 0 aliphatic carbocycles. The molecule has 3 aromatic rings. The van der Waals surface area contributed by atoms with Crippen molar-refractivity contribution in [3.8, 4) is 23.8 Å². The monoisotopic (exact) mass is 456 g/mol. The molecular weight excluding hydrogens is 428 g/mol. The third kappa shape index (κ3) is 6.33. The van der Waals surface area contributed by atoms with Gasteiger partial charge in [-0.3, -0.25) is 10.2 Å². The Labute approximate surface area is 199 Å². The van der Waals surface area contributed by atoms with Gasteiger partial charge in [0.2, 0.25) is 6.41 Å². The molecule has 4 rings (SSSR count). The second-order valence-corrected chi connectivity index (χ2v) is 7.67. The van der Waals surface area contributed by atoms with E-state index in [1.807, 2.05) is 54.6 Å². The first kappa shape index (κ1) is 24.3. The number of nitrogens with two attached hydrogens (primary N) is 1. The van der Waals surface area contributed by atoms with Crippen molar-refractivity contribution in [3.63, 3.8) is 0 Å². The number of amides is 1. The lowest BCUT2D eigenvalue weighted by Gasteiger charge is -2.31. The van der Waals surface area contributed by atoms with Gasteiger partial charge < -0.3 is 20.7 Å². The minimum Gasteiger partial charge on any atom is -0.457 e. The van der Waals surface area contributed by atoms with Crippen LogP contribution in [0.5, 0.6) is 11.5 Å². The van der Waals surface area contributed by atoms with Gasteiger partial charge in [-0.05, 0) is 56.2 Å². The van der Waals surface area contributed by atoms with E-state index >= 15 is 0 Å². The van der Waals surface area contributed by atoms with Gasteiger partial charge in [-0.2, -0.15) is 0 Å². The van der Waals surface area contributed by atoms with Crippen LogP contribution >= 0.6 is 0 Å². The highest BCUT2D eigenvalue weighted by atomic mass is 16.5. The highest BCUT2D eigenvalue weighted by Gasteiger charge is 2.22. The molecule has 0 saturated carbocycles. The average Bonchev–Trinajstić information content (AvgIpc) is 2.85. The Morgan fingerprint density at radius 2 is 1.88 bits per heavy atom. The number of hydrogen-bond donors (Lipinski definition) is 3. The Kier molecular flexibility index (Phi) is 8.58. The number of hydrogen-bond acceptors (Lipinski definition) is 7. The number of ether oxygens (including phenoxy) is 1. The minimum absolute atomic E-state index is 0.0430. The Hall–Kier alpha value is -4.38. The molecule has 2 aromatic carbocycles. The van der Waals surface area contributed by atoms with E-state index in [0.29, 0.717) is 29.2 Å². The highest BCUT2D eigenvalue weighted by Crippen LogP contribution is 2.26. The molecule has 1 aliphatic rings. The number of likely N-dealkylation sites (tertiary alicyclic amines) is 1. The summed E-state index contributed by atoms with van der Waals surface area (Å²) in [6.45, 7) is 3.00. The molecule has 1 amide bonds. The van der Waals surface area contributed by atoms with E-state index in [-0.39, 0.29) is 17.6 Å². The van der Waals surface area contributed by atoms with Crippen molar-refractivity contribution < 1.29 is 9.53 Å². The highest BCUT2D eigenvalue weighted by molar-refractivity contribution is 6.16. The maximum Gasteiger partial charge on any atom is 0.209 e. The van der Waals surface area contributed by atoms with Crippen molar-refractivity contribution in [2.24, 2.45) is 0 Å². The summed E-state index contributed by atoms with van der Waals surface area (Å²) in [5.74, 6) is 4.40. The summed E-state index contributed by atoms with van der Waals surface area (Å²) in [6, 6.07) is 16.8. The number of carbonyl (C=O) groups excluding carboxylic acids is 1. The Morgan fingerprint density at radius 1 is 1.21 bits per heavy atom. The van der Waals surface area contributed by atoms with Gasteiger partial charge in [-0.25, -0.2) is 9.97 Å². The number of nitrogens with one attached hydrogen (secondary N) is 2. The molecule has 4 N–H and O–H groups in total. The molecule has 1 unspecified atom stereocenters. The third-order valence-electron chi connectivity index (χ3n) is 5.19. The van der Waals surface area contributed by atoms with E-state index in [1.54, 1.807) is 11.8 Å². The van der Waals surface area contributed by atoms with Gasteiger partial charge in [0.15, 0.2) is 0 Å². The van der Waals surface area contributed by atoms with Gasteiger partial charge in [0.25, 0.3) is 0 Å². The summed E-state index contributed by atoms with van der Waals surface area (Å²) in [6.07, 6.45) is 8.66. The van der Waals surface area contributed by atoms with Gasteiger partial charge in [0, 0.05) is 24.7 Å². The lowest BCUT2D eigenvalue weighted by Crippen LogP contribution is -2.41. The van der Waals surface area contributed by atoms with E-state index in [1.165, 1.54) is 6.33 Å². The largest absolute Gasteiger partial charge is 0.457 e. The number of para-hydroxylation sites is 1. The van der Waals surface area contributed by atoms with Crippen molar-refractivity contribution in [2.45, 2.75) is 25.8 Å². The van der Waals surface area contributed by atoms with Crippen molar-refractivity contribution in [2.75, 3.05) is 24.1 Å². The molecular formula is C26H28N6O2. The molecule has 34 heavy (non-hydrogen) atoms. The first-order valence-corrected chi connectivity index (χ1v) is 10.9. The summed E-state index contributed by atoms with van der Waals surface area (Å²) in [7, 11) is 0. The number of terminal acetylenes is 1. The molecule has 1 aromatic heterocycles. The van der Waals surface area contributed by atoms with E-state index in [4.69, 9.17) is 15.9 Å². The zero-order valence-corrected chi connectivity index (χ0v) is 19.1. The van der Waals surface area contributed by atoms with Gasteiger partial charge in [-0.15, -0.1) is 12.3 Å². The van der Waals surface area contributed by atoms with Gasteiger partial charge >= 0.3 is 0 Å². The third-order valence-corrected chi connectivity index (χ3v) is 5.19. The predicted molar refractivity (Wildman–Crippen MR) is 134 cm³/mol. The van der Waals surface area contributed by atoms with Crippen LogP contribution in [0, 0.1) is 17.8 Å². The van der Waals surface area contributed by atoms with Crippen molar-refractivity contribution in [3.05, 3.63) is 72.1 Å². The number of nitrogens with zero attached hydrogens (tertiary/aromatic N) is 3. The van der Waals surface area contributed by atoms with Crippen LogP contribution in [-0.2, 0) is 4.79 Å². The maximum atomic E-state index is 11.1. The standard InChI is InChI=1S/C23H24N6O2.C3H4/c24-21(16-8-10-19(11-9-16)31-18-6-2-1-3-7-18)20-22(25)26-14-27-23(20)28-17-5-4-12-29(13-17)15-30;1-3-2/h1-3,6-11,14-15,17,24H,4-5,12-13H2,(H3,25,26,27,28);1H,2H3. The Bertz CT molecular complexity index is 1140. The molecule has 8 nitrogen and oxygen atoms in total. The molecule has 0 bridgehead atoms. The van der Waals surface area contributed by atoms with Crippen LogP contribution in [0.15, 0.2) is 60.9 Å². The molecule has 1 saturated heterocycles. The first-order valence-electron chi connectivity index (χ1n) is 10.9. The molecule has 174 valence electrons. The van der Waals surface area contributed by atoms with E-state index < -0.39 is 0 Å². The summed E-state index contributed by atoms with van der Waals surface area (Å²) >= 11 is 0. The zero-order valence-electron chi connectivity index (χ0n) is 19.1. The fraction of sp³-hybridized carbons (Fsp3) is 0.231. The zero-order chi connectivity index (χ0) is 24.3. The number of anilines is 2. The van der Waals surface area contributed by atoms with E-state index in [2.05, 4.69) is 27.6 Å². The molecule has 2 heterocycles. The fourth-order valence-corrected chi connectivity index (χ4v) is 3.63. The molecule has 1 atom stereocenters. The van der Waals surface area contributed by atoms with Gasteiger partial charge in [-0.1, -0.05) is 18.2 Å². The number of rotatable bonds is 7. The lowest BCUT2D eigenvalue weighted by atomic mass is 10.0. The Balaban J connectivity index is 0.00000103. The van der Waals surface area contributed by atoms with E-state index in [0.717, 1.165) is 31.5 Å². The van der Waals surface area contributed by atoms with E-state index in [9.17, 15) is 4.79 Å². The SMILES string of the molecule is C#CC.N=C(c1ccc(Oc2ccccc2)cc1)c1c(N)ncnc1NC1CCCN(C=O)C1. The molecule has 1 aliphatic heterocycles. The smallest absolute Gasteiger partial charge is 0.209 e. The van der Waals surface area contributed by atoms with Crippen molar-refractivity contribution >= 4 is 23.8 Å². The maximum absolute atomic E-state index is 11.1. The van der Waals surface area contributed by atoms with Gasteiger partial charge in [0.1, 0.15) is 29.5 Å². The number of nitrogen functional groups attached to an aromatic ring is 1. The van der Waals surface area contributed by atoms with Gasteiger partial charge in [0.05, 0.1) is 11.3 Å². The van der Waals surface area contributed by atoms with Crippen LogP contribution in [0.4, 0.5) is 11.6 Å². The molecule has 1 fully saturated rings. The van der Waals surface area contributed by atoms with Crippen LogP contribution in [0.2, 0.25) is 0 Å². The summed E-state index contributed by atoms with van der Waals surface area (Å²) in [5, 5.41) is 12.1. The second-order valence-electron chi connectivity index (χ2n) is 7.67. The van der Waals surface area contributed by atoms with Crippen molar-refractivity contribution in [1.82, 2.24) is 14.9 Å². The topological polar surface area (TPSA) is 117 Å². The molecule has 0 spiro atoms. The lowest BCUT2D eigenvalue weighted by molar-refractivity contribution is -0.119. The van der Waals surface area contributed by atoms with Crippen LogP contribution < -0.4 is 15.8 Å². The van der Waals surface area contributed by atoms with Crippen LogP contribution in [0.25, 0.3) is 0 Å². The average molecular weight is 457 g/mol. The minimum atomic E-state index is 0.0430. The van der Waals surface area contributed by atoms with Crippen LogP contribution in [0.1, 0.15) is 30.9 Å². The second kappa shape index (κ2) is 12.0. The number of benzene rings is 2. The fourth-order valence-electron chi connectivity index (χ4n) is 3.63. The predicted octanol–water partition coefficient (Wildman–Crippen LogP) is 3.94. The number of carbonyl (C=O) groups is 1. The summed E-state index contributed by atoms with van der Waals surface area (Å²) < 4.78 is 5.82. The normalized spacial score (nSPS) is 14.7. The first-order chi connectivity index (χ1) is 16.5. The van der Waals surface area contributed by atoms with Crippen molar-refractivity contribution in [1.29, 1.82) is 5.41 Å². The van der Waals surface area contributed by atoms with Crippen LogP contribution in [0.3, 0.4) is 0 Å². The summed E-state index contributed by atoms with van der Waals surface area (Å²) in [4.78, 5) is 21.3. The molecule has 0 radical (unpaired) electrons.